The van der Waals surface area contributed by atoms with Crippen LogP contribution >= 0.6 is 0 Å². The van der Waals surface area contributed by atoms with Gasteiger partial charge in [-0.25, -0.2) is 0 Å². The maximum atomic E-state index is 5.74. The van der Waals surface area contributed by atoms with E-state index in [0.29, 0.717) is 26.4 Å². The lowest BCUT2D eigenvalue weighted by Gasteiger charge is -2.20. The van der Waals surface area contributed by atoms with E-state index in [1.807, 2.05) is 13.1 Å². The van der Waals surface area contributed by atoms with E-state index in [9.17, 15) is 0 Å². The summed E-state index contributed by atoms with van der Waals surface area (Å²) in [7, 11) is 1.95. The standard InChI is InChI=1S/C15H21NO4/c1-16-12(10-15-19-7-8-20-15)11-3-4-13-14(9-11)18-6-2-5-17-13/h3-4,9,12,15-16H,2,5-8,10H2,1H3. The van der Waals surface area contributed by atoms with E-state index in [4.69, 9.17) is 18.9 Å². The molecule has 0 aliphatic carbocycles. The van der Waals surface area contributed by atoms with Crippen LogP contribution in [0.4, 0.5) is 0 Å². The Bertz CT molecular complexity index is 445. The molecular formula is C15H21NO4. The predicted octanol–water partition coefficient (Wildman–Crippen LogP) is 1.87. The molecule has 0 saturated carbocycles. The van der Waals surface area contributed by atoms with Crippen molar-refractivity contribution in [2.45, 2.75) is 25.2 Å². The largest absolute Gasteiger partial charge is 0.490 e. The average molecular weight is 279 g/mol. The number of nitrogens with one attached hydrogen (secondary N) is 1. The van der Waals surface area contributed by atoms with Crippen molar-refractivity contribution in [3.8, 4) is 11.5 Å². The minimum atomic E-state index is -0.122. The monoisotopic (exact) mass is 279 g/mol. The van der Waals surface area contributed by atoms with Crippen molar-refractivity contribution in [3.63, 3.8) is 0 Å². The Morgan fingerprint density at radius 2 is 1.85 bits per heavy atom. The summed E-state index contributed by atoms with van der Waals surface area (Å²) in [5, 5.41) is 3.31. The number of ether oxygens (including phenoxy) is 4. The lowest BCUT2D eigenvalue weighted by Crippen LogP contribution is -2.23. The number of fused-ring (bicyclic) bond motifs is 1. The minimum Gasteiger partial charge on any atom is -0.490 e. The Hall–Kier alpha value is -1.30. The van der Waals surface area contributed by atoms with Crippen molar-refractivity contribution in [1.82, 2.24) is 5.32 Å². The van der Waals surface area contributed by atoms with Crippen molar-refractivity contribution in [2.75, 3.05) is 33.5 Å². The van der Waals surface area contributed by atoms with Crippen LogP contribution in [-0.4, -0.2) is 39.8 Å². The highest BCUT2D eigenvalue weighted by molar-refractivity contribution is 5.44. The van der Waals surface area contributed by atoms with E-state index in [1.165, 1.54) is 0 Å². The third-order valence-corrected chi connectivity index (χ3v) is 3.64. The van der Waals surface area contributed by atoms with Gasteiger partial charge in [-0.2, -0.15) is 0 Å². The normalized spacial score (nSPS) is 20.6. The minimum absolute atomic E-state index is 0.122. The molecule has 5 heteroatoms. The summed E-state index contributed by atoms with van der Waals surface area (Å²) in [6, 6.07) is 6.28. The molecule has 0 bridgehead atoms. The molecule has 1 unspecified atom stereocenters. The topological polar surface area (TPSA) is 49.0 Å². The second kappa shape index (κ2) is 6.43. The van der Waals surface area contributed by atoms with Gasteiger partial charge in [0.2, 0.25) is 0 Å². The Morgan fingerprint density at radius 3 is 2.60 bits per heavy atom. The van der Waals surface area contributed by atoms with Crippen LogP contribution in [-0.2, 0) is 9.47 Å². The molecule has 2 heterocycles. The number of hydrogen-bond acceptors (Lipinski definition) is 5. The van der Waals surface area contributed by atoms with E-state index >= 15 is 0 Å². The van der Waals surface area contributed by atoms with Crippen molar-refractivity contribution in [3.05, 3.63) is 23.8 Å². The Balaban J connectivity index is 1.75. The molecule has 0 radical (unpaired) electrons. The van der Waals surface area contributed by atoms with Crippen molar-refractivity contribution < 1.29 is 18.9 Å². The SMILES string of the molecule is CNC(CC1OCCO1)c1ccc2c(c1)OCCCO2. The lowest BCUT2D eigenvalue weighted by molar-refractivity contribution is -0.0526. The smallest absolute Gasteiger partial charge is 0.161 e. The molecule has 2 aliphatic heterocycles. The second-order valence-electron chi connectivity index (χ2n) is 5.00. The molecule has 3 rings (SSSR count). The van der Waals surface area contributed by atoms with Gasteiger partial charge in [-0.05, 0) is 24.7 Å². The summed E-state index contributed by atoms with van der Waals surface area (Å²) >= 11 is 0. The number of hydrogen-bond donors (Lipinski definition) is 1. The molecule has 1 aromatic carbocycles. The van der Waals surface area contributed by atoms with Gasteiger partial charge < -0.3 is 24.3 Å². The van der Waals surface area contributed by atoms with Crippen molar-refractivity contribution in [1.29, 1.82) is 0 Å². The van der Waals surface area contributed by atoms with Crippen LogP contribution in [0.2, 0.25) is 0 Å². The van der Waals surface area contributed by atoms with Gasteiger partial charge in [-0.3, -0.25) is 0 Å². The molecule has 5 nitrogen and oxygen atoms in total. The third kappa shape index (κ3) is 3.06. The van der Waals surface area contributed by atoms with E-state index < -0.39 is 0 Å². The van der Waals surface area contributed by atoms with Gasteiger partial charge in [0.05, 0.1) is 26.4 Å². The van der Waals surface area contributed by atoms with Gasteiger partial charge in [-0.1, -0.05) is 6.07 Å². The average Bonchev–Trinajstić information content (AvgIpc) is 2.87. The highest BCUT2D eigenvalue weighted by Gasteiger charge is 2.22. The Labute approximate surface area is 119 Å². The summed E-state index contributed by atoms with van der Waals surface area (Å²) in [6.45, 7) is 2.78. The Morgan fingerprint density at radius 1 is 1.10 bits per heavy atom. The van der Waals surface area contributed by atoms with Gasteiger partial charge in [0.15, 0.2) is 17.8 Å². The van der Waals surface area contributed by atoms with Crippen LogP contribution in [0.15, 0.2) is 18.2 Å². The second-order valence-corrected chi connectivity index (χ2v) is 5.00. The highest BCUT2D eigenvalue weighted by atomic mass is 16.7. The van der Waals surface area contributed by atoms with Gasteiger partial charge >= 0.3 is 0 Å². The molecule has 1 fully saturated rings. The van der Waals surface area contributed by atoms with Crippen LogP contribution in [0.5, 0.6) is 11.5 Å². The van der Waals surface area contributed by atoms with Crippen molar-refractivity contribution in [2.24, 2.45) is 0 Å². The summed E-state index contributed by atoms with van der Waals surface area (Å²) in [4.78, 5) is 0. The number of rotatable bonds is 4. The zero-order valence-corrected chi connectivity index (χ0v) is 11.8. The molecule has 20 heavy (non-hydrogen) atoms. The molecule has 110 valence electrons. The molecule has 0 spiro atoms. The fourth-order valence-corrected chi connectivity index (χ4v) is 2.55. The first-order chi connectivity index (χ1) is 9.86. The molecular weight excluding hydrogens is 258 g/mol. The van der Waals surface area contributed by atoms with Gasteiger partial charge in [-0.15, -0.1) is 0 Å². The van der Waals surface area contributed by atoms with Crippen LogP contribution in [0.25, 0.3) is 0 Å². The van der Waals surface area contributed by atoms with E-state index in [1.54, 1.807) is 0 Å². The summed E-state index contributed by atoms with van der Waals surface area (Å²) < 4.78 is 22.4. The van der Waals surface area contributed by atoms with Gasteiger partial charge in [0.1, 0.15) is 0 Å². The Kier molecular flexibility index (Phi) is 4.40. The quantitative estimate of drug-likeness (QED) is 0.912. The maximum absolute atomic E-state index is 5.74. The molecule has 0 amide bonds. The zero-order chi connectivity index (χ0) is 13.8. The maximum Gasteiger partial charge on any atom is 0.161 e. The molecule has 0 aromatic heterocycles. The first-order valence-corrected chi connectivity index (χ1v) is 7.17. The van der Waals surface area contributed by atoms with E-state index in [2.05, 4.69) is 17.4 Å². The molecule has 1 N–H and O–H groups in total. The molecule has 2 aliphatic rings. The zero-order valence-electron chi connectivity index (χ0n) is 11.8. The first kappa shape index (κ1) is 13.7. The van der Waals surface area contributed by atoms with E-state index in [-0.39, 0.29) is 12.3 Å². The highest BCUT2D eigenvalue weighted by Crippen LogP contribution is 2.33. The van der Waals surface area contributed by atoms with Crippen LogP contribution in [0.1, 0.15) is 24.4 Å². The van der Waals surface area contributed by atoms with Crippen LogP contribution in [0, 0.1) is 0 Å². The third-order valence-electron chi connectivity index (χ3n) is 3.64. The van der Waals surface area contributed by atoms with Gasteiger partial charge in [0.25, 0.3) is 0 Å². The summed E-state index contributed by atoms with van der Waals surface area (Å²) in [6.07, 6.45) is 1.59. The number of benzene rings is 1. The van der Waals surface area contributed by atoms with E-state index in [0.717, 1.165) is 29.9 Å². The lowest BCUT2D eigenvalue weighted by atomic mass is 10.0. The van der Waals surface area contributed by atoms with Gasteiger partial charge in [0, 0.05) is 18.9 Å². The first-order valence-electron chi connectivity index (χ1n) is 7.17. The van der Waals surface area contributed by atoms with Crippen LogP contribution in [0.3, 0.4) is 0 Å². The fraction of sp³-hybridized carbons (Fsp3) is 0.600. The van der Waals surface area contributed by atoms with Crippen molar-refractivity contribution >= 4 is 0 Å². The summed E-state index contributed by atoms with van der Waals surface area (Å²) in [5.74, 6) is 1.66. The predicted molar refractivity (Wildman–Crippen MR) is 74.2 cm³/mol. The van der Waals surface area contributed by atoms with Crippen LogP contribution < -0.4 is 14.8 Å². The fourth-order valence-electron chi connectivity index (χ4n) is 2.55. The summed E-state index contributed by atoms with van der Waals surface area (Å²) in [5.41, 5.74) is 1.16. The molecule has 1 saturated heterocycles. The molecule has 1 aromatic rings. The molecule has 1 atom stereocenters.